The number of nitrogens with zero attached hydrogens (tertiary/aromatic N) is 2. The van der Waals surface area contributed by atoms with Crippen molar-refractivity contribution in [2.24, 2.45) is 5.73 Å². The van der Waals surface area contributed by atoms with Gasteiger partial charge in [-0.1, -0.05) is 0 Å². The summed E-state index contributed by atoms with van der Waals surface area (Å²) in [5.74, 6) is 0.00277. The number of carbonyl (C=O) groups is 1. The van der Waals surface area contributed by atoms with E-state index in [0.29, 0.717) is 12.1 Å². The SMILES string of the molecule is COC(CN)C(=O)N(C)C1CCN(C(C)C)CC1. The lowest BCUT2D eigenvalue weighted by Crippen LogP contribution is -2.51. The lowest BCUT2D eigenvalue weighted by molar-refractivity contribution is -0.143. The Hall–Kier alpha value is -0.650. The van der Waals surface area contributed by atoms with Gasteiger partial charge in [-0.15, -0.1) is 0 Å². The van der Waals surface area contributed by atoms with Crippen LogP contribution in [0, 0.1) is 0 Å². The molecular weight excluding hydrogens is 230 g/mol. The first-order valence-electron chi connectivity index (χ1n) is 6.74. The Balaban J connectivity index is 2.49. The summed E-state index contributed by atoms with van der Waals surface area (Å²) in [6.45, 7) is 6.78. The van der Waals surface area contributed by atoms with Gasteiger partial charge in [-0.3, -0.25) is 4.79 Å². The molecule has 2 N–H and O–H groups in total. The number of rotatable bonds is 5. The molecule has 1 fully saturated rings. The highest BCUT2D eigenvalue weighted by molar-refractivity contribution is 5.81. The van der Waals surface area contributed by atoms with Crippen molar-refractivity contribution >= 4 is 5.91 Å². The lowest BCUT2D eigenvalue weighted by Gasteiger charge is -2.39. The topological polar surface area (TPSA) is 58.8 Å². The molecule has 5 heteroatoms. The van der Waals surface area contributed by atoms with Gasteiger partial charge in [0.25, 0.3) is 5.91 Å². The number of likely N-dealkylation sites (N-methyl/N-ethyl adjacent to an activating group) is 1. The summed E-state index contributed by atoms with van der Waals surface area (Å²) in [6, 6.07) is 0.902. The van der Waals surface area contributed by atoms with Gasteiger partial charge in [0.1, 0.15) is 6.10 Å². The monoisotopic (exact) mass is 257 g/mol. The Kier molecular flexibility index (Phi) is 6.05. The summed E-state index contributed by atoms with van der Waals surface area (Å²) in [5, 5.41) is 0. The third-order valence-electron chi connectivity index (χ3n) is 3.90. The van der Waals surface area contributed by atoms with Gasteiger partial charge < -0.3 is 20.3 Å². The van der Waals surface area contributed by atoms with Crippen LogP contribution >= 0.6 is 0 Å². The molecule has 5 nitrogen and oxygen atoms in total. The molecular formula is C13H27N3O2. The predicted molar refractivity (Wildman–Crippen MR) is 72.4 cm³/mol. The summed E-state index contributed by atoms with van der Waals surface area (Å²) in [4.78, 5) is 16.4. The molecule has 1 unspecified atom stereocenters. The molecule has 1 rings (SSSR count). The van der Waals surface area contributed by atoms with Crippen LogP contribution in [-0.2, 0) is 9.53 Å². The maximum Gasteiger partial charge on any atom is 0.252 e. The Morgan fingerprint density at radius 2 is 2.00 bits per heavy atom. The molecule has 1 aliphatic heterocycles. The van der Waals surface area contributed by atoms with Crippen molar-refractivity contribution in [3.8, 4) is 0 Å². The second-order valence-electron chi connectivity index (χ2n) is 5.27. The molecule has 1 saturated heterocycles. The van der Waals surface area contributed by atoms with Gasteiger partial charge >= 0.3 is 0 Å². The normalized spacial score (nSPS) is 20.1. The lowest BCUT2D eigenvalue weighted by atomic mass is 10.0. The highest BCUT2D eigenvalue weighted by atomic mass is 16.5. The van der Waals surface area contributed by atoms with E-state index in [0.717, 1.165) is 25.9 Å². The molecule has 1 atom stereocenters. The largest absolute Gasteiger partial charge is 0.370 e. The van der Waals surface area contributed by atoms with Crippen LogP contribution in [0.15, 0.2) is 0 Å². The van der Waals surface area contributed by atoms with Crippen molar-refractivity contribution < 1.29 is 9.53 Å². The number of amides is 1. The van der Waals surface area contributed by atoms with Crippen LogP contribution in [-0.4, -0.2) is 67.7 Å². The van der Waals surface area contributed by atoms with Crippen LogP contribution in [0.1, 0.15) is 26.7 Å². The van der Waals surface area contributed by atoms with Crippen molar-refractivity contribution in [1.82, 2.24) is 9.80 Å². The quantitative estimate of drug-likeness (QED) is 0.769. The van der Waals surface area contributed by atoms with E-state index in [9.17, 15) is 4.79 Å². The third-order valence-corrected chi connectivity index (χ3v) is 3.90. The van der Waals surface area contributed by atoms with Crippen molar-refractivity contribution in [2.75, 3.05) is 33.8 Å². The number of hydrogen-bond acceptors (Lipinski definition) is 4. The van der Waals surface area contributed by atoms with Gasteiger partial charge in [-0.2, -0.15) is 0 Å². The first kappa shape index (κ1) is 15.4. The zero-order valence-electron chi connectivity index (χ0n) is 12.1. The number of nitrogens with two attached hydrogens (primary N) is 1. The second-order valence-corrected chi connectivity index (χ2v) is 5.27. The van der Waals surface area contributed by atoms with Gasteiger partial charge in [-0.25, -0.2) is 0 Å². The van der Waals surface area contributed by atoms with Crippen LogP contribution in [0.5, 0.6) is 0 Å². The van der Waals surface area contributed by atoms with Crippen LogP contribution in [0.4, 0.5) is 0 Å². The van der Waals surface area contributed by atoms with Crippen LogP contribution < -0.4 is 5.73 Å². The van der Waals surface area contributed by atoms with E-state index in [-0.39, 0.29) is 12.5 Å². The van der Waals surface area contributed by atoms with Gasteiger partial charge in [0.05, 0.1) is 0 Å². The van der Waals surface area contributed by atoms with E-state index in [1.54, 1.807) is 0 Å². The average molecular weight is 257 g/mol. The summed E-state index contributed by atoms with van der Waals surface area (Å²) >= 11 is 0. The van der Waals surface area contributed by atoms with E-state index in [1.165, 1.54) is 7.11 Å². The fourth-order valence-corrected chi connectivity index (χ4v) is 2.49. The smallest absolute Gasteiger partial charge is 0.252 e. The number of piperidine rings is 1. The molecule has 18 heavy (non-hydrogen) atoms. The van der Waals surface area contributed by atoms with Crippen molar-refractivity contribution in [1.29, 1.82) is 0 Å². The number of carbonyl (C=O) groups excluding carboxylic acids is 1. The minimum Gasteiger partial charge on any atom is -0.370 e. The molecule has 1 aliphatic rings. The minimum atomic E-state index is -0.502. The zero-order chi connectivity index (χ0) is 13.7. The molecule has 1 heterocycles. The van der Waals surface area contributed by atoms with Crippen molar-refractivity contribution in [3.05, 3.63) is 0 Å². The van der Waals surface area contributed by atoms with E-state index >= 15 is 0 Å². The summed E-state index contributed by atoms with van der Waals surface area (Å²) in [6.07, 6.45) is 1.56. The minimum absolute atomic E-state index is 0.00277. The first-order valence-corrected chi connectivity index (χ1v) is 6.74. The van der Waals surface area contributed by atoms with Crippen LogP contribution in [0.25, 0.3) is 0 Å². The van der Waals surface area contributed by atoms with E-state index in [2.05, 4.69) is 18.7 Å². The van der Waals surface area contributed by atoms with Gasteiger partial charge in [0.15, 0.2) is 0 Å². The number of hydrogen-bond donors (Lipinski definition) is 1. The maximum absolute atomic E-state index is 12.1. The molecule has 1 amide bonds. The fraction of sp³-hybridized carbons (Fsp3) is 0.923. The van der Waals surface area contributed by atoms with Crippen LogP contribution in [0.2, 0.25) is 0 Å². The fourth-order valence-electron chi connectivity index (χ4n) is 2.49. The second kappa shape index (κ2) is 7.07. The Labute approximate surface area is 110 Å². The molecule has 0 aromatic carbocycles. The molecule has 0 aromatic rings. The zero-order valence-corrected chi connectivity index (χ0v) is 12.1. The van der Waals surface area contributed by atoms with Crippen molar-refractivity contribution in [2.45, 2.75) is 44.9 Å². The highest BCUT2D eigenvalue weighted by Crippen LogP contribution is 2.18. The predicted octanol–water partition coefficient (Wildman–Crippen LogP) is 0.291. The Morgan fingerprint density at radius 1 is 1.44 bits per heavy atom. The molecule has 0 aliphatic carbocycles. The number of likely N-dealkylation sites (tertiary alicyclic amines) is 1. The van der Waals surface area contributed by atoms with E-state index < -0.39 is 6.10 Å². The van der Waals surface area contributed by atoms with Crippen LogP contribution in [0.3, 0.4) is 0 Å². The molecule has 0 bridgehead atoms. The number of methoxy groups -OCH3 is 1. The standard InChI is InChI=1S/C13H27N3O2/c1-10(2)16-7-5-11(6-8-16)15(3)13(17)12(9-14)18-4/h10-12H,5-9,14H2,1-4H3. The van der Waals surface area contributed by atoms with Gasteiger partial charge in [-0.05, 0) is 26.7 Å². The molecule has 0 spiro atoms. The molecule has 0 saturated carbocycles. The summed E-state index contributed by atoms with van der Waals surface area (Å²) < 4.78 is 5.11. The van der Waals surface area contributed by atoms with E-state index in [1.807, 2.05) is 11.9 Å². The number of ether oxygens (including phenoxy) is 1. The highest BCUT2D eigenvalue weighted by Gasteiger charge is 2.29. The average Bonchev–Trinajstić information content (AvgIpc) is 2.39. The van der Waals surface area contributed by atoms with Gasteiger partial charge in [0.2, 0.25) is 0 Å². The van der Waals surface area contributed by atoms with Crippen molar-refractivity contribution in [3.63, 3.8) is 0 Å². The molecule has 0 aromatic heterocycles. The molecule has 106 valence electrons. The first-order chi connectivity index (χ1) is 8.51. The van der Waals surface area contributed by atoms with E-state index in [4.69, 9.17) is 10.5 Å². The Bertz CT molecular complexity index is 259. The Morgan fingerprint density at radius 3 is 2.39 bits per heavy atom. The third kappa shape index (κ3) is 3.67. The van der Waals surface area contributed by atoms with Gasteiger partial charge in [0, 0.05) is 45.9 Å². The summed E-state index contributed by atoms with van der Waals surface area (Å²) in [7, 11) is 3.39. The maximum atomic E-state index is 12.1. The molecule has 0 radical (unpaired) electrons. The summed E-state index contributed by atoms with van der Waals surface area (Å²) in [5.41, 5.74) is 5.53.